The zero-order valence-corrected chi connectivity index (χ0v) is 16.3. The van der Waals surface area contributed by atoms with Gasteiger partial charge in [0.25, 0.3) is 0 Å². The molecule has 1 unspecified atom stereocenters. The second-order valence-electron chi connectivity index (χ2n) is 7.46. The number of aryl methyl sites for hydroxylation is 2. The van der Waals surface area contributed by atoms with Crippen molar-refractivity contribution in [3.8, 4) is 5.75 Å². The molecular weight excluding hydrogens is 362 g/mol. The van der Waals surface area contributed by atoms with Crippen LogP contribution in [0.25, 0.3) is 11.0 Å². The highest BCUT2D eigenvalue weighted by Gasteiger charge is 2.28. The van der Waals surface area contributed by atoms with Gasteiger partial charge in [-0.1, -0.05) is 0 Å². The largest absolute Gasteiger partial charge is 0.477 e. The highest BCUT2D eigenvalue weighted by molar-refractivity contribution is 5.86. The average molecular weight is 387 g/mol. The zero-order chi connectivity index (χ0) is 19.7. The van der Waals surface area contributed by atoms with Crippen molar-refractivity contribution in [1.29, 1.82) is 0 Å². The summed E-state index contributed by atoms with van der Waals surface area (Å²) in [5.74, 6) is 0.453. The fourth-order valence-electron chi connectivity index (χ4n) is 4.03. The van der Waals surface area contributed by atoms with Crippen LogP contribution in [0.5, 0.6) is 5.75 Å². The van der Waals surface area contributed by atoms with Crippen molar-refractivity contribution in [1.82, 2.24) is 4.90 Å². The summed E-state index contributed by atoms with van der Waals surface area (Å²) in [6.07, 6.45) is 3.14. The fourth-order valence-corrected chi connectivity index (χ4v) is 4.03. The van der Waals surface area contributed by atoms with Gasteiger partial charge < -0.3 is 18.6 Å². The Kier molecular flexibility index (Phi) is 5.37. The van der Waals surface area contributed by atoms with Crippen LogP contribution in [0.3, 0.4) is 0 Å². The maximum Gasteiger partial charge on any atom is 0.336 e. The normalized spacial score (nSPS) is 19.4. The number of carbonyl (C=O) groups excluding carboxylic acids is 1. The minimum absolute atomic E-state index is 0.215. The van der Waals surface area contributed by atoms with Crippen LogP contribution < -0.4 is 10.4 Å². The third kappa shape index (κ3) is 3.77. The van der Waals surface area contributed by atoms with Crippen LogP contribution in [0, 0.1) is 6.92 Å². The molecular formula is C21H25NO6. The van der Waals surface area contributed by atoms with E-state index in [4.69, 9.17) is 18.6 Å². The second-order valence-corrected chi connectivity index (χ2v) is 7.46. The lowest BCUT2D eigenvalue weighted by molar-refractivity contribution is -0.140. The first-order chi connectivity index (χ1) is 13.5. The molecule has 0 aliphatic carbocycles. The van der Waals surface area contributed by atoms with Crippen molar-refractivity contribution < 1.29 is 23.4 Å². The van der Waals surface area contributed by atoms with Crippen LogP contribution in [0.15, 0.2) is 21.3 Å². The molecule has 0 N–H and O–H groups in total. The molecule has 0 radical (unpaired) electrons. The third-order valence-electron chi connectivity index (χ3n) is 5.45. The topological polar surface area (TPSA) is 78.2 Å². The van der Waals surface area contributed by atoms with Gasteiger partial charge in [-0.3, -0.25) is 9.69 Å². The summed E-state index contributed by atoms with van der Waals surface area (Å²) in [4.78, 5) is 25.8. The standard InChI is InChI=1S/C21H25NO6/c1-13-8-19(24)28-21-16(13)9-14(5-6-18(23)25-2)20-17(21)11-22(12-27-20)10-15-4-3-7-26-15/h8-9,15H,3-7,10-12H2,1-2H3. The van der Waals surface area contributed by atoms with Crippen molar-refractivity contribution in [2.45, 2.75) is 45.3 Å². The van der Waals surface area contributed by atoms with Crippen molar-refractivity contribution in [2.75, 3.05) is 27.0 Å². The molecule has 0 spiro atoms. The van der Waals surface area contributed by atoms with Gasteiger partial charge in [0.05, 0.1) is 18.8 Å². The Morgan fingerprint density at radius 1 is 1.36 bits per heavy atom. The molecule has 0 bridgehead atoms. The smallest absolute Gasteiger partial charge is 0.336 e. The SMILES string of the molecule is COC(=O)CCc1cc2c(C)cc(=O)oc2c2c1OCN(CC1CCCO1)C2. The number of methoxy groups -OCH3 is 1. The predicted molar refractivity (Wildman–Crippen MR) is 102 cm³/mol. The molecule has 28 heavy (non-hydrogen) atoms. The fraction of sp³-hybridized carbons (Fsp3) is 0.524. The summed E-state index contributed by atoms with van der Waals surface area (Å²) in [5.41, 5.74) is 2.85. The van der Waals surface area contributed by atoms with E-state index in [0.717, 1.165) is 48.1 Å². The summed E-state index contributed by atoms with van der Waals surface area (Å²) < 4.78 is 22.2. The van der Waals surface area contributed by atoms with Crippen LogP contribution >= 0.6 is 0 Å². The summed E-state index contributed by atoms with van der Waals surface area (Å²) >= 11 is 0. The molecule has 1 atom stereocenters. The monoisotopic (exact) mass is 387 g/mol. The first-order valence-electron chi connectivity index (χ1n) is 9.68. The summed E-state index contributed by atoms with van der Waals surface area (Å²) in [6, 6.07) is 3.46. The molecule has 4 rings (SSSR count). The van der Waals surface area contributed by atoms with Crippen LogP contribution in [0.2, 0.25) is 0 Å². The minimum atomic E-state index is -0.370. The Hall–Kier alpha value is -2.38. The molecule has 150 valence electrons. The lowest BCUT2D eigenvalue weighted by Gasteiger charge is -2.32. The van der Waals surface area contributed by atoms with Crippen molar-refractivity contribution in [3.63, 3.8) is 0 Å². The maximum absolute atomic E-state index is 12.0. The molecule has 0 amide bonds. The van der Waals surface area contributed by atoms with Gasteiger partial charge in [0, 0.05) is 37.6 Å². The number of hydrogen-bond acceptors (Lipinski definition) is 7. The molecule has 1 saturated heterocycles. The van der Waals surface area contributed by atoms with E-state index in [1.807, 2.05) is 13.0 Å². The number of benzene rings is 1. The molecule has 2 aliphatic rings. The molecule has 1 aromatic heterocycles. The van der Waals surface area contributed by atoms with Gasteiger partial charge in [0.2, 0.25) is 0 Å². The number of esters is 1. The second kappa shape index (κ2) is 7.93. The molecule has 1 fully saturated rings. The van der Waals surface area contributed by atoms with E-state index >= 15 is 0 Å². The van der Waals surface area contributed by atoms with Crippen molar-refractivity contribution in [2.24, 2.45) is 0 Å². The minimum Gasteiger partial charge on any atom is -0.477 e. The van der Waals surface area contributed by atoms with Crippen molar-refractivity contribution in [3.05, 3.63) is 39.2 Å². The molecule has 7 nitrogen and oxygen atoms in total. The van der Waals surface area contributed by atoms with E-state index in [1.165, 1.54) is 13.2 Å². The zero-order valence-electron chi connectivity index (χ0n) is 16.3. The predicted octanol–water partition coefficient (Wildman–Crippen LogP) is 2.54. The van der Waals surface area contributed by atoms with Crippen LogP contribution in [0.1, 0.15) is 36.0 Å². The molecule has 0 saturated carbocycles. The maximum atomic E-state index is 12.0. The molecule has 1 aromatic carbocycles. The number of fused-ring (bicyclic) bond motifs is 3. The highest BCUT2D eigenvalue weighted by Crippen LogP contribution is 2.37. The van der Waals surface area contributed by atoms with Crippen LogP contribution in [0.4, 0.5) is 0 Å². The number of nitrogens with zero attached hydrogens (tertiary/aromatic N) is 1. The van der Waals surface area contributed by atoms with E-state index in [1.54, 1.807) is 0 Å². The lowest BCUT2D eigenvalue weighted by Crippen LogP contribution is -2.38. The van der Waals surface area contributed by atoms with Gasteiger partial charge in [0.15, 0.2) is 0 Å². The van der Waals surface area contributed by atoms with E-state index in [9.17, 15) is 9.59 Å². The first kappa shape index (κ1) is 19.0. The third-order valence-corrected chi connectivity index (χ3v) is 5.45. The molecule has 7 heteroatoms. The van der Waals surface area contributed by atoms with Gasteiger partial charge in [-0.15, -0.1) is 0 Å². The van der Waals surface area contributed by atoms with E-state index in [2.05, 4.69) is 4.90 Å². The molecule has 3 heterocycles. The first-order valence-corrected chi connectivity index (χ1v) is 9.68. The Labute approximate surface area is 163 Å². The van der Waals surface area contributed by atoms with Crippen molar-refractivity contribution >= 4 is 16.9 Å². The van der Waals surface area contributed by atoms with Crippen LogP contribution in [-0.4, -0.2) is 44.0 Å². The summed E-state index contributed by atoms with van der Waals surface area (Å²) in [6.45, 7) is 4.54. The Bertz CT molecular complexity index is 944. The van der Waals surface area contributed by atoms with Gasteiger partial charge in [-0.2, -0.15) is 0 Å². The summed E-state index contributed by atoms with van der Waals surface area (Å²) in [7, 11) is 1.39. The van der Waals surface area contributed by atoms with Gasteiger partial charge in [-0.05, 0) is 43.4 Å². The number of hydrogen-bond donors (Lipinski definition) is 0. The number of ether oxygens (including phenoxy) is 3. The lowest BCUT2D eigenvalue weighted by atomic mass is 9.97. The Morgan fingerprint density at radius 2 is 2.21 bits per heavy atom. The molecule has 2 aromatic rings. The van der Waals surface area contributed by atoms with Gasteiger partial charge in [-0.25, -0.2) is 4.79 Å². The van der Waals surface area contributed by atoms with Gasteiger partial charge >= 0.3 is 11.6 Å². The highest BCUT2D eigenvalue weighted by atomic mass is 16.5. The average Bonchev–Trinajstić information content (AvgIpc) is 3.19. The Morgan fingerprint density at radius 3 is 2.96 bits per heavy atom. The van der Waals surface area contributed by atoms with E-state index in [-0.39, 0.29) is 24.1 Å². The van der Waals surface area contributed by atoms with E-state index in [0.29, 0.717) is 31.0 Å². The number of carbonyl (C=O) groups is 1. The van der Waals surface area contributed by atoms with E-state index < -0.39 is 0 Å². The number of rotatable bonds is 5. The van der Waals surface area contributed by atoms with Gasteiger partial charge in [0.1, 0.15) is 18.1 Å². The van der Waals surface area contributed by atoms with Crippen LogP contribution in [-0.2, 0) is 27.2 Å². The molecule has 2 aliphatic heterocycles. The Balaban J connectivity index is 1.72. The summed E-state index contributed by atoms with van der Waals surface area (Å²) in [5, 5.41) is 0.876. The quantitative estimate of drug-likeness (QED) is 0.576.